The predicted molar refractivity (Wildman–Crippen MR) is 175 cm³/mol. The summed E-state index contributed by atoms with van der Waals surface area (Å²) in [6.07, 6.45) is 6.53. The van der Waals surface area contributed by atoms with Gasteiger partial charge in [0.15, 0.2) is 0 Å². The molecule has 0 fully saturated rings. The zero-order valence-electron chi connectivity index (χ0n) is 26.3. The van der Waals surface area contributed by atoms with Crippen LogP contribution in [-0.2, 0) is 26.2 Å². The molecule has 0 amide bonds. The fourth-order valence-corrected chi connectivity index (χ4v) is 4.67. The van der Waals surface area contributed by atoms with Crippen LogP contribution in [0.25, 0.3) is 21.5 Å². The van der Waals surface area contributed by atoms with Crippen LogP contribution in [0.5, 0.6) is 0 Å². The predicted octanol–water partition coefficient (Wildman–Crippen LogP) is 10.4. The minimum atomic E-state index is 0. The van der Waals surface area contributed by atoms with Gasteiger partial charge in [0.05, 0.1) is 0 Å². The van der Waals surface area contributed by atoms with E-state index in [4.69, 9.17) is 0 Å². The maximum Gasteiger partial charge on any atom is 4.00 e. The number of benzene rings is 2. The Morgan fingerprint density at radius 1 is 0.579 bits per heavy atom. The van der Waals surface area contributed by atoms with Crippen LogP contribution in [0.15, 0.2) is 48.5 Å². The smallest absolute Gasteiger partial charge is 0.533 e. The third-order valence-corrected chi connectivity index (χ3v) is 6.62. The molecule has 0 heterocycles. The Morgan fingerprint density at radius 2 is 0.868 bits per heavy atom. The van der Waals surface area contributed by atoms with E-state index in [1.54, 1.807) is 0 Å². The summed E-state index contributed by atoms with van der Waals surface area (Å²) in [5.74, 6) is 2.42. The summed E-state index contributed by atoms with van der Waals surface area (Å²) < 4.78 is 0. The van der Waals surface area contributed by atoms with Crippen LogP contribution in [0.2, 0.25) is 0 Å². The molecule has 4 aromatic carbocycles. The first kappa shape index (κ1) is 36.6. The summed E-state index contributed by atoms with van der Waals surface area (Å²) in [5.41, 5.74) is 8.66. The van der Waals surface area contributed by atoms with E-state index in [1.807, 2.05) is 20.3 Å². The topological polar surface area (TPSA) is 0 Å². The van der Waals surface area contributed by atoms with Crippen molar-refractivity contribution >= 4 is 37.6 Å². The molecule has 0 aliphatic rings. The van der Waals surface area contributed by atoms with E-state index < -0.39 is 0 Å². The molecule has 204 valence electrons. The number of aryl methyl sites for hydroxylation is 2. The van der Waals surface area contributed by atoms with Crippen molar-refractivity contribution < 1.29 is 26.2 Å². The zero-order chi connectivity index (χ0) is 28.4. The van der Waals surface area contributed by atoms with Crippen LogP contribution in [0.3, 0.4) is 0 Å². The van der Waals surface area contributed by atoms with Gasteiger partial charge in [0, 0.05) is 0 Å². The first-order chi connectivity index (χ1) is 17.4. The van der Waals surface area contributed by atoms with Crippen molar-refractivity contribution in [2.45, 2.75) is 107 Å². The van der Waals surface area contributed by atoms with Gasteiger partial charge in [-0.1, -0.05) is 104 Å². The van der Waals surface area contributed by atoms with Crippen LogP contribution in [0.1, 0.15) is 126 Å². The third-order valence-electron chi connectivity index (χ3n) is 6.62. The van der Waals surface area contributed by atoms with Gasteiger partial charge >= 0.3 is 26.2 Å². The molecule has 0 radical (unpaired) electrons. The van der Waals surface area contributed by atoms with Gasteiger partial charge in [0.25, 0.3) is 0 Å². The Morgan fingerprint density at radius 3 is 1.11 bits per heavy atom. The SMILES string of the molecule is C[CH-]C.Cc1cc2c(C(C)C)cc(C(C)C)cc2[cH-]1.Cc1cc2c(C(C)C)cc(C(C)C)cc2[cH-]1.[CH-]=[SiH2].[Zr+4]. The van der Waals surface area contributed by atoms with Crippen LogP contribution in [0.4, 0.5) is 0 Å². The monoisotopic (exact) mass is 602 g/mol. The van der Waals surface area contributed by atoms with E-state index in [9.17, 15) is 0 Å². The summed E-state index contributed by atoms with van der Waals surface area (Å²) in [5, 5.41) is 5.70. The molecule has 0 bridgehead atoms. The molecule has 0 nitrogen and oxygen atoms in total. The Bertz CT molecular complexity index is 1140. The van der Waals surface area contributed by atoms with E-state index in [0.29, 0.717) is 23.7 Å². The molecule has 0 aliphatic carbocycles. The molecule has 0 saturated carbocycles. The van der Waals surface area contributed by atoms with E-state index in [-0.39, 0.29) is 26.2 Å². The zero-order valence-corrected chi connectivity index (χ0v) is 30.2. The van der Waals surface area contributed by atoms with Crippen molar-refractivity contribution in [1.82, 2.24) is 0 Å². The Labute approximate surface area is 257 Å². The van der Waals surface area contributed by atoms with Gasteiger partial charge in [-0.25, -0.2) is 9.85 Å². The number of hydrogen-bond acceptors (Lipinski definition) is 0. The number of rotatable bonds is 4. The van der Waals surface area contributed by atoms with Crippen molar-refractivity contribution in [3.63, 3.8) is 0 Å². The van der Waals surface area contributed by atoms with Gasteiger partial charge in [-0.15, -0.1) is 56.9 Å². The van der Waals surface area contributed by atoms with Gasteiger partial charge in [-0.3, -0.25) is 0 Å². The fourth-order valence-electron chi connectivity index (χ4n) is 4.67. The summed E-state index contributed by atoms with van der Waals surface area (Å²) in [7, 11) is 1.36. The summed E-state index contributed by atoms with van der Waals surface area (Å²) in [4.78, 5) is 0. The first-order valence-electron chi connectivity index (χ1n) is 14.0. The van der Waals surface area contributed by atoms with Crippen LogP contribution in [0, 0.1) is 20.3 Å². The van der Waals surface area contributed by atoms with Gasteiger partial charge in [-0.2, -0.15) is 26.0 Å². The third kappa shape index (κ3) is 9.98. The van der Waals surface area contributed by atoms with Crippen molar-refractivity contribution in [1.29, 1.82) is 0 Å². The normalized spacial score (nSPS) is 10.6. The molecule has 0 aliphatic heterocycles. The van der Waals surface area contributed by atoms with Crippen molar-refractivity contribution in [3.05, 3.63) is 88.3 Å². The van der Waals surface area contributed by atoms with E-state index in [2.05, 4.69) is 124 Å². The summed E-state index contributed by atoms with van der Waals surface area (Å²) in [6.45, 7) is 26.5. The molecule has 38 heavy (non-hydrogen) atoms. The molecule has 0 spiro atoms. The minimum absolute atomic E-state index is 0. The van der Waals surface area contributed by atoms with E-state index in [1.165, 1.54) is 64.8 Å². The largest absolute Gasteiger partial charge is 4.00 e. The average molecular weight is 604 g/mol. The van der Waals surface area contributed by atoms with Gasteiger partial charge < -0.3 is 12.6 Å². The van der Waals surface area contributed by atoms with Crippen molar-refractivity contribution in [2.24, 2.45) is 0 Å². The number of hydrogen-bond donors (Lipinski definition) is 0. The molecule has 0 aromatic heterocycles. The average Bonchev–Trinajstić information content (AvgIpc) is 3.39. The second kappa shape index (κ2) is 17.3. The van der Waals surface area contributed by atoms with Gasteiger partial charge in [0.1, 0.15) is 0 Å². The first-order valence-corrected chi connectivity index (χ1v) is 14.8. The van der Waals surface area contributed by atoms with Crippen LogP contribution >= 0.6 is 0 Å². The maximum absolute atomic E-state index is 4.53. The minimum Gasteiger partial charge on any atom is -0.533 e. The molecular formula is C36H52SiZr. The summed E-state index contributed by atoms with van der Waals surface area (Å²) in [6, 6.07) is 18.7. The quantitative estimate of drug-likeness (QED) is 0.161. The second-order valence-corrected chi connectivity index (χ2v) is 11.5. The maximum atomic E-state index is 4.53. The van der Waals surface area contributed by atoms with Crippen LogP contribution in [-0.4, -0.2) is 16.0 Å². The number of fused-ring (bicyclic) bond motifs is 2. The standard InChI is InChI=1S/2C16H21.C3H7.CH3Si.Zr/c2*1-10(2)13-8-14-6-12(5)7-16(14)15(9-13)11(3)4;1-3-2;1-2;/h2*6-11H,1-5H3;3H,1-2H3;1H,2H2;/q4*-1;+4. The Kier molecular flexibility index (Phi) is 16.7. The van der Waals surface area contributed by atoms with Crippen molar-refractivity contribution in [2.75, 3.05) is 0 Å². The van der Waals surface area contributed by atoms with Gasteiger partial charge in [-0.05, 0) is 23.7 Å². The molecule has 0 saturated heterocycles. The molecule has 2 heteroatoms. The molecule has 4 aromatic rings. The second-order valence-electron chi connectivity index (χ2n) is 11.5. The van der Waals surface area contributed by atoms with Crippen molar-refractivity contribution in [3.8, 4) is 0 Å². The molecule has 0 atom stereocenters. The van der Waals surface area contributed by atoms with E-state index in [0.717, 1.165) is 0 Å². The Hall–Kier alpha value is -1.37. The summed E-state index contributed by atoms with van der Waals surface area (Å²) >= 11 is 0. The molecule has 4 rings (SSSR count). The molecule has 0 unspecified atom stereocenters. The Balaban J connectivity index is 0.000000603. The van der Waals surface area contributed by atoms with Crippen LogP contribution < -0.4 is 0 Å². The van der Waals surface area contributed by atoms with E-state index >= 15 is 0 Å². The molecule has 0 N–H and O–H groups in total. The van der Waals surface area contributed by atoms with Gasteiger partial charge in [0.2, 0.25) is 0 Å². The molecular weight excluding hydrogens is 552 g/mol. The fraction of sp³-hybridized carbons (Fsp3) is 0.444.